The lowest BCUT2D eigenvalue weighted by molar-refractivity contribution is -0.704. The van der Waals surface area contributed by atoms with Crippen molar-refractivity contribution >= 4 is 0 Å². The fourth-order valence-electron chi connectivity index (χ4n) is 3.46. The molecule has 1 aromatic heterocycles. The normalized spacial score (nSPS) is 10.6. The van der Waals surface area contributed by atoms with Gasteiger partial charge in [-0.15, -0.1) is 0 Å². The number of rotatable bonds is 16. The van der Waals surface area contributed by atoms with E-state index in [0.29, 0.717) is 0 Å². The van der Waals surface area contributed by atoms with Crippen molar-refractivity contribution in [3.05, 3.63) is 30.1 Å². The second kappa shape index (κ2) is 18.2. The van der Waals surface area contributed by atoms with E-state index in [4.69, 9.17) is 0 Å². The fourth-order valence-corrected chi connectivity index (χ4v) is 3.46. The lowest BCUT2D eigenvalue weighted by Gasteiger charge is -2.05. The van der Waals surface area contributed by atoms with Crippen LogP contribution in [0.1, 0.15) is 109 Å². The van der Waals surface area contributed by atoms with Crippen molar-refractivity contribution in [2.45, 2.75) is 117 Å². The van der Waals surface area contributed by atoms with Crippen molar-refractivity contribution < 1.29 is 17.0 Å². The van der Waals surface area contributed by atoms with Gasteiger partial charge in [0.25, 0.3) is 0 Å². The van der Waals surface area contributed by atoms with Gasteiger partial charge in [0.2, 0.25) is 0 Å². The van der Waals surface area contributed by atoms with Crippen molar-refractivity contribution in [1.82, 2.24) is 0 Å². The molecule has 0 fully saturated rings. The van der Waals surface area contributed by atoms with Gasteiger partial charge in [-0.1, -0.05) is 90.5 Å². The highest BCUT2D eigenvalue weighted by Crippen LogP contribution is 2.11. The third-order valence-corrected chi connectivity index (χ3v) is 5.07. The van der Waals surface area contributed by atoms with Crippen LogP contribution >= 0.6 is 0 Å². The molecule has 0 aliphatic carbocycles. The first-order valence-electron chi connectivity index (χ1n) is 10.9. The second-order valence-electron chi connectivity index (χ2n) is 7.38. The summed E-state index contributed by atoms with van der Waals surface area (Å²) in [4.78, 5) is 0. The van der Waals surface area contributed by atoms with E-state index in [1.807, 2.05) is 0 Å². The topological polar surface area (TPSA) is 3.88 Å². The summed E-state index contributed by atoms with van der Waals surface area (Å²) in [6.07, 6.45) is 23.1. The van der Waals surface area contributed by atoms with Gasteiger partial charge in [0, 0.05) is 25.0 Å². The van der Waals surface area contributed by atoms with Gasteiger partial charge < -0.3 is 12.4 Å². The van der Waals surface area contributed by atoms with E-state index < -0.39 is 0 Å². The quantitative estimate of drug-likeness (QED) is 0.307. The van der Waals surface area contributed by atoms with Crippen LogP contribution in [0.4, 0.5) is 0 Å². The van der Waals surface area contributed by atoms with Crippen LogP contribution in [0.25, 0.3) is 0 Å². The molecule has 146 valence electrons. The van der Waals surface area contributed by atoms with Gasteiger partial charge >= 0.3 is 0 Å². The van der Waals surface area contributed by atoms with E-state index in [1.54, 1.807) is 0 Å². The van der Waals surface area contributed by atoms with E-state index in [-0.39, 0.29) is 12.4 Å². The van der Waals surface area contributed by atoms with Gasteiger partial charge in [0.1, 0.15) is 6.54 Å². The van der Waals surface area contributed by atoms with Gasteiger partial charge in [0.15, 0.2) is 11.9 Å². The third-order valence-electron chi connectivity index (χ3n) is 5.07. The van der Waals surface area contributed by atoms with Crippen LogP contribution in [0.2, 0.25) is 0 Å². The fraction of sp³-hybridized carbons (Fsp3) is 0.783. The maximum absolute atomic E-state index is 2.50. The zero-order chi connectivity index (χ0) is 17.3. The van der Waals surface area contributed by atoms with E-state index in [2.05, 4.69) is 42.8 Å². The van der Waals surface area contributed by atoms with Crippen molar-refractivity contribution in [3.8, 4) is 0 Å². The average Bonchev–Trinajstić information content (AvgIpc) is 2.61. The van der Waals surface area contributed by atoms with Crippen LogP contribution in [-0.4, -0.2) is 0 Å². The minimum Gasteiger partial charge on any atom is -1.00 e. The first-order chi connectivity index (χ1) is 11.9. The van der Waals surface area contributed by atoms with Crippen molar-refractivity contribution in [3.63, 3.8) is 0 Å². The van der Waals surface area contributed by atoms with E-state index in [1.165, 1.54) is 109 Å². The minimum absolute atomic E-state index is 0. The van der Waals surface area contributed by atoms with Crippen molar-refractivity contribution in [2.24, 2.45) is 0 Å². The van der Waals surface area contributed by atoms with Crippen molar-refractivity contribution in [1.29, 1.82) is 0 Å². The molecule has 2 heteroatoms. The SMILES string of the molecule is CCCCCCCCCCCC[n+]1ccccc1CCCCCC.[Cl-]. The van der Waals surface area contributed by atoms with Crippen LogP contribution in [0.15, 0.2) is 24.4 Å². The number of aryl methyl sites for hydroxylation is 2. The Bertz CT molecular complexity index is 391. The molecular weight excluding hydrogens is 326 g/mol. The summed E-state index contributed by atoms with van der Waals surface area (Å²) in [6, 6.07) is 6.71. The molecule has 0 aromatic carbocycles. The van der Waals surface area contributed by atoms with E-state index in [9.17, 15) is 0 Å². The Balaban J connectivity index is 0.00000576. The molecule has 0 saturated heterocycles. The largest absolute Gasteiger partial charge is 1.00 e. The Kier molecular flexibility index (Phi) is 17.8. The predicted octanol–water partition coefficient (Wildman–Crippen LogP) is 4.02. The molecule has 0 atom stereocenters. The summed E-state index contributed by atoms with van der Waals surface area (Å²) in [7, 11) is 0. The lowest BCUT2D eigenvalue weighted by atomic mass is 10.1. The summed E-state index contributed by atoms with van der Waals surface area (Å²) >= 11 is 0. The van der Waals surface area contributed by atoms with E-state index in [0.717, 1.165) is 0 Å². The lowest BCUT2D eigenvalue weighted by Crippen LogP contribution is -3.00. The molecule has 0 aliphatic rings. The molecule has 0 bridgehead atoms. The molecule has 1 aromatic rings. The van der Waals surface area contributed by atoms with E-state index >= 15 is 0 Å². The molecule has 0 radical (unpaired) electrons. The van der Waals surface area contributed by atoms with Gasteiger partial charge in [-0.3, -0.25) is 0 Å². The van der Waals surface area contributed by atoms with Gasteiger partial charge in [-0.2, -0.15) is 0 Å². The molecule has 0 N–H and O–H groups in total. The Hall–Kier alpha value is -0.560. The Morgan fingerprint density at radius 2 is 1.16 bits per heavy atom. The van der Waals surface area contributed by atoms with Crippen LogP contribution in [0.5, 0.6) is 0 Å². The van der Waals surface area contributed by atoms with Crippen LogP contribution < -0.4 is 17.0 Å². The highest BCUT2D eigenvalue weighted by Gasteiger charge is 2.08. The summed E-state index contributed by atoms with van der Waals surface area (Å²) < 4.78 is 2.50. The zero-order valence-electron chi connectivity index (χ0n) is 16.9. The van der Waals surface area contributed by atoms with Gasteiger partial charge in [0.05, 0.1) is 0 Å². The highest BCUT2D eigenvalue weighted by molar-refractivity contribution is 4.97. The number of halogens is 1. The first-order valence-corrected chi connectivity index (χ1v) is 10.9. The number of aromatic nitrogens is 1. The molecule has 0 aliphatic heterocycles. The molecule has 0 unspecified atom stereocenters. The monoisotopic (exact) mass is 367 g/mol. The zero-order valence-corrected chi connectivity index (χ0v) is 17.7. The Morgan fingerprint density at radius 1 is 0.640 bits per heavy atom. The van der Waals surface area contributed by atoms with Crippen LogP contribution in [0.3, 0.4) is 0 Å². The standard InChI is InChI=1S/C23H42N.ClH/c1-3-5-7-9-10-11-12-13-14-17-21-24-22-18-16-20-23(24)19-15-8-6-4-2;/h16,18,20,22H,3-15,17,19,21H2,1-2H3;1H/q+1;/p-1. The molecule has 25 heavy (non-hydrogen) atoms. The van der Waals surface area contributed by atoms with Crippen molar-refractivity contribution in [2.75, 3.05) is 0 Å². The minimum atomic E-state index is 0. The highest BCUT2D eigenvalue weighted by atomic mass is 35.5. The Morgan fingerprint density at radius 3 is 1.76 bits per heavy atom. The number of hydrogen-bond acceptors (Lipinski definition) is 0. The molecule has 0 saturated carbocycles. The third kappa shape index (κ3) is 13.3. The molecule has 1 heterocycles. The number of unbranched alkanes of at least 4 members (excludes halogenated alkanes) is 12. The Labute approximate surface area is 164 Å². The first kappa shape index (κ1) is 24.4. The molecule has 0 amide bonds. The predicted molar refractivity (Wildman–Crippen MR) is 106 cm³/mol. The van der Waals surface area contributed by atoms with Crippen LogP contribution in [0, 0.1) is 0 Å². The summed E-state index contributed by atoms with van der Waals surface area (Å²) in [5, 5.41) is 0. The average molecular weight is 368 g/mol. The molecular formula is C23H42ClN. The summed E-state index contributed by atoms with van der Waals surface area (Å²) in [5.74, 6) is 0. The maximum atomic E-state index is 2.50. The summed E-state index contributed by atoms with van der Waals surface area (Å²) in [6.45, 7) is 5.79. The summed E-state index contributed by atoms with van der Waals surface area (Å²) in [5.41, 5.74) is 1.53. The molecule has 1 nitrogen and oxygen atoms in total. The second-order valence-corrected chi connectivity index (χ2v) is 7.38. The van der Waals surface area contributed by atoms with Gasteiger partial charge in [-0.25, -0.2) is 4.57 Å². The molecule has 1 rings (SSSR count). The molecule has 0 spiro atoms. The number of nitrogens with zero attached hydrogens (tertiary/aromatic N) is 1. The number of pyridine rings is 1. The van der Waals surface area contributed by atoms with Gasteiger partial charge in [-0.05, 0) is 12.8 Å². The smallest absolute Gasteiger partial charge is 0.181 e. The van der Waals surface area contributed by atoms with Crippen LogP contribution in [-0.2, 0) is 13.0 Å². The maximum Gasteiger partial charge on any atom is 0.181 e. The number of hydrogen-bond donors (Lipinski definition) is 0.